The number of pyridine rings is 1. The average molecular weight is 265 g/mol. The lowest BCUT2D eigenvalue weighted by molar-refractivity contribution is -0.384. The smallest absolute Gasteiger partial charge is 0.337 e. The highest BCUT2D eigenvalue weighted by atomic mass is 16.6. The van der Waals surface area contributed by atoms with Crippen LogP contribution < -0.4 is 4.90 Å². The molecule has 1 aromatic heterocycles. The van der Waals surface area contributed by atoms with Crippen LogP contribution in [0.25, 0.3) is 0 Å². The van der Waals surface area contributed by atoms with Gasteiger partial charge in [-0.1, -0.05) is 13.8 Å². The molecule has 19 heavy (non-hydrogen) atoms. The number of aromatic carboxylic acids is 1. The Morgan fingerprint density at radius 3 is 2.74 bits per heavy atom. The van der Waals surface area contributed by atoms with Crippen LogP contribution in [0.3, 0.4) is 0 Å². The maximum Gasteiger partial charge on any atom is 0.337 e. The first-order chi connectivity index (χ1) is 8.80. The van der Waals surface area contributed by atoms with Crippen molar-refractivity contribution in [2.75, 3.05) is 18.0 Å². The van der Waals surface area contributed by atoms with Gasteiger partial charge in [0.05, 0.1) is 10.5 Å². The lowest BCUT2D eigenvalue weighted by Crippen LogP contribution is -2.24. The monoisotopic (exact) mass is 265 g/mol. The second kappa shape index (κ2) is 4.49. The molecule has 0 atom stereocenters. The Bertz CT molecular complexity index is 542. The van der Waals surface area contributed by atoms with Crippen LogP contribution in [0, 0.1) is 15.5 Å². The number of hydrogen-bond donors (Lipinski definition) is 1. The Morgan fingerprint density at radius 2 is 2.26 bits per heavy atom. The van der Waals surface area contributed by atoms with Crippen molar-refractivity contribution in [3.05, 3.63) is 27.9 Å². The number of carboxylic acids is 1. The first-order valence-corrected chi connectivity index (χ1v) is 5.93. The van der Waals surface area contributed by atoms with Gasteiger partial charge < -0.3 is 10.0 Å². The van der Waals surface area contributed by atoms with Crippen LogP contribution in [0.15, 0.2) is 12.3 Å². The van der Waals surface area contributed by atoms with Gasteiger partial charge in [-0.2, -0.15) is 0 Å². The molecule has 7 heteroatoms. The van der Waals surface area contributed by atoms with Crippen LogP contribution in [0.5, 0.6) is 0 Å². The van der Waals surface area contributed by atoms with E-state index in [9.17, 15) is 14.9 Å². The fourth-order valence-electron chi connectivity index (χ4n) is 2.23. The highest BCUT2D eigenvalue weighted by Crippen LogP contribution is 2.35. The molecule has 1 N–H and O–H groups in total. The Hall–Kier alpha value is -2.18. The highest BCUT2D eigenvalue weighted by molar-refractivity contribution is 5.88. The quantitative estimate of drug-likeness (QED) is 0.662. The van der Waals surface area contributed by atoms with Crippen LogP contribution in [0.4, 0.5) is 11.5 Å². The molecule has 7 nitrogen and oxygen atoms in total. The topological polar surface area (TPSA) is 96.6 Å². The summed E-state index contributed by atoms with van der Waals surface area (Å²) in [5.41, 5.74) is -0.340. The summed E-state index contributed by atoms with van der Waals surface area (Å²) in [6.07, 6.45) is 2.09. The largest absolute Gasteiger partial charge is 0.478 e. The predicted molar refractivity (Wildman–Crippen MR) is 68.5 cm³/mol. The van der Waals surface area contributed by atoms with E-state index in [-0.39, 0.29) is 22.5 Å². The third-order valence-electron chi connectivity index (χ3n) is 3.27. The highest BCUT2D eigenvalue weighted by Gasteiger charge is 2.33. The molecule has 1 aliphatic heterocycles. The van der Waals surface area contributed by atoms with Crippen molar-refractivity contribution in [1.29, 1.82) is 0 Å². The average Bonchev–Trinajstić information content (AvgIpc) is 2.68. The molecule has 1 aromatic rings. The standard InChI is InChI=1S/C12H15N3O4/c1-12(2)3-4-14(7-12)10-9(15(18)19)5-8(6-13-10)11(16)17/h5-6H,3-4,7H2,1-2H3,(H,16,17). The maximum atomic E-state index is 11.1. The van der Waals surface area contributed by atoms with E-state index >= 15 is 0 Å². The molecule has 1 saturated heterocycles. The minimum atomic E-state index is -1.22. The molecule has 102 valence electrons. The molecule has 0 spiro atoms. The van der Waals surface area contributed by atoms with Crippen molar-refractivity contribution in [3.63, 3.8) is 0 Å². The van der Waals surface area contributed by atoms with E-state index in [2.05, 4.69) is 18.8 Å². The Morgan fingerprint density at radius 1 is 1.58 bits per heavy atom. The molecule has 0 radical (unpaired) electrons. The summed E-state index contributed by atoms with van der Waals surface area (Å²) in [7, 11) is 0. The zero-order chi connectivity index (χ0) is 14.2. The number of hydrogen-bond acceptors (Lipinski definition) is 5. The van der Waals surface area contributed by atoms with Gasteiger partial charge in [0.1, 0.15) is 0 Å². The number of carbonyl (C=O) groups is 1. The molecule has 2 rings (SSSR count). The van der Waals surface area contributed by atoms with Gasteiger partial charge in [0, 0.05) is 25.4 Å². The zero-order valence-electron chi connectivity index (χ0n) is 10.8. The number of nitrogens with zero attached hydrogens (tertiary/aromatic N) is 3. The SMILES string of the molecule is CC1(C)CCN(c2ncc(C(=O)O)cc2[N+](=O)[O-])C1. The van der Waals surface area contributed by atoms with Crippen molar-refractivity contribution >= 4 is 17.5 Å². The van der Waals surface area contributed by atoms with Crippen molar-refractivity contribution in [2.24, 2.45) is 5.41 Å². The number of carboxylic acid groups (broad SMARTS) is 1. The number of rotatable bonds is 3. The normalized spacial score (nSPS) is 17.5. The minimum absolute atomic E-state index is 0.0843. The Balaban J connectivity index is 2.41. The molecule has 1 aliphatic rings. The molecular formula is C12H15N3O4. The summed E-state index contributed by atoms with van der Waals surface area (Å²) in [6.45, 7) is 5.54. The summed E-state index contributed by atoms with van der Waals surface area (Å²) >= 11 is 0. The van der Waals surface area contributed by atoms with Gasteiger partial charge in [0.2, 0.25) is 5.82 Å². The van der Waals surface area contributed by atoms with Crippen LogP contribution in [-0.4, -0.2) is 34.1 Å². The van der Waals surface area contributed by atoms with Crippen molar-refractivity contribution in [2.45, 2.75) is 20.3 Å². The number of aromatic nitrogens is 1. The van der Waals surface area contributed by atoms with Gasteiger partial charge >= 0.3 is 11.7 Å². The van der Waals surface area contributed by atoms with Crippen molar-refractivity contribution < 1.29 is 14.8 Å². The van der Waals surface area contributed by atoms with Crippen LogP contribution in [-0.2, 0) is 0 Å². The molecule has 0 saturated carbocycles. The lowest BCUT2D eigenvalue weighted by Gasteiger charge is -2.20. The van der Waals surface area contributed by atoms with Crippen molar-refractivity contribution in [1.82, 2.24) is 4.98 Å². The summed E-state index contributed by atoms with van der Waals surface area (Å²) in [5, 5.41) is 19.9. The van der Waals surface area contributed by atoms with E-state index in [4.69, 9.17) is 5.11 Å². The van der Waals surface area contributed by atoms with Gasteiger partial charge in [0.25, 0.3) is 0 Å². The molecule has 2 heterocycles. The third-order valence-corrected chi connectivity index (χ3v) is 3.27. The van der Waals surface area contributed by atoms with E-state index in [0.29, 0.717) is 13.1 Å². The molecular weight excluding hydrogens is 250 g/mol. The summed E-state index contributed by atoms with van der Waals surface area (Å²) in [5.74, 6) is -0.968. The minimum Gasteiger partial charge on any atom is -0.478 e. The van der Waals surface area contributed by atoms with E-state index in [0.717, 1.165) is 18.7 Å². The molecule has 0 unspecified atom stereocenters. The van der Waals surface area contributed by atoms with Gasteiger partial charge in [-0.3, -0.25) is 10.1 Å². The van der Waals surface area contributed by atoms with Gasteiger partial charge in [-0.05, 0) is 11.8 Å². The number of nitro groups is 1. The predicted octanol–water partition coefficient (Wildman–Crippen LogP) is 1.92. The third kappa shape index (κ3) is 2.64. The second-order valence-electron chi connectivity index (χ2n) is 5.46. The van der Waals surface area contributed by atoms with E-state index < -0.39 is 10.9 Å². The van der Waals surface area contributed by atoms with Crippen LogP contribution >= 0.6 is 0 Å². The maximum absolute atomic E-state index is 11.1. The van der Waals surface area contributed by atoms with Crippen LogP contribution in [0.2, 0.25) is 0 Å². The van der Waals surface area contributed by atoms with E-state index in [1.165, 1.54) is 0 Å². The van der Waals surface area contributed by atoms with E-state index in [1.807, 2.05) is 4.90 Å². The first kappa shape index (κ1) is 13.3. The van der Waals surface area contributed by atoms with Crippen molar-refractivity contribution in [3.8, 4) is 0 Å². The Kier molecular flexibility index (Phi) is 3.13. The van der Waals surface area contributed by atoms with Crippen LogP contribution in [0.1, 0.15) is 30.6 Å². The van der Waals surface area contributed by atoms with Gasteiger partial charge in [-0.15, -0.1) is 0 Å². The lowest BCUT2D eigenvalue weighted by atomic mass is 9.93. The number of anilines is 1. The summed E-state index contributed by atoms with van der Waals surface area (Å²) < 4.78 is 0. The summed E-state index contributed by atoms with van der Waals surface area (Å²) in [6, 6.07) is 1.07. The fraction of sp³-hybridized carbons (Fsp3) is 0.500. The molecule has 1 fully saturated rings. The van der Waals surface area contributed by atoms with Gasteiger partial charge in [-0.25, -0.2) is 9.78 Å². The zero-order valence-corrected chi connectivity index (χ0v) is 10.8. The molecule has 0 aliphatic carbocycles. The second-order valence-corrected chi connectivity index (χ2v) is 5.46. The van der Waals surface area contributed by atoms with E-state index in [1.54, 1.807) is 0 Å². The molecule has 0 aromatic carbocycles. The molecule has 0 amide bonds. The Labute approximate surface area is 110 Å². The first-order valence-electron chi connectivity index (χ1n) is 5.93. The fourth-order valence-corrected chi connectivity index (χ4v) is 2.23. The van der Waals surface area contributed by atoms with Gasteiger partial charge in [0.15, 0.2) is 0 Å². The molecule has 0 bridgehead atoms. The summed E-state index contributed by atoms with van der Waals surface area (Å²) in [4.78, 5) is 27.1.